The summed E-state index contributed by atoms with van der Waals surface area (Å²) < 4.78 is 13.1. The highest BCUT2D eigenvalue weighted by atomic mass is 19.1. The summed E-state index contributed by atoms with van der Waals surface area (Å²) in [7, 11) is 2.10. The monoisotopic (exact) mass is 197 g/mol. The lowest BCUT2D eigenvalue weighted by Crippen LogP contribution is -2.33. The van der Waals surface area contributed by atoms with Crippen LogP contribution in [-0.4, -0.2) is 24.5 Å². The lowest BCUT2D eigenvalue weighted by Gasteiger charge is -2.29. The maximum Gasteiger partial charge on any atom is 0.119 e. The third-order valence-electron chi connectivity index (χ3n) is 2.94. The van der Waals surface area contributed by atoms with Crippen LogP contribution in [0.15, 0.2) is 23.6 Å². The molecule has 0 amide bonds. The van der Waals surface area contributed by atoms with Crippen molar-refractivity contribution in [2.75, 3.05) is 13.6 Å². The van der Waals surface area contributed by atoms with E-state index in [1.807, 2.05) is 0 Å². The highest BCUT2D eigenvalue weighted by molar-refractivity contribution is 5.26. The Labute approximate surface area is 86.3 Å². The second-order valence-electron chi connectivity index (χ2n) is 3.84. The van der Waals surface area contributed by atoms with Crippen LogP contribution in [0.1, 0.15) is 33.1 Å². The second-order valence-corrected chi connectivity index (χ2v) is 3.84. The predicted octanol–water partition coefficient (Wildman–Crippen LogP) is 3.29. The molecule has 0 N–H and O–H groups in total. The van der Waals surface area contributed by atoms with E-state index in [4.69, 9.17) is 0 Å². The van der Waals surface area contributed by atoms with Gasteiger partial charge in [-0.2, -0.15) is 0 Å². The first-order valence-corrected chi connectivity index (χ1v) is 5.45. The topological polar surface area (TPSA) is 3.24 Å². The zero-order valence-corrected chi connectivity index (χ0v) is 9.39. The number of nitrogens with zero attached hydrogens (tertiary/aromatic N) is 1. The van der Waals surface area contributed by atoms with Gasteiger partial charge in [0.1, 0.15) is 5.83 Å². The molecule has 1 nitrogen and oxygen atoms in total. The van der Waals surface area contributed by atoms with Gasteiger partial charge >= 0.3 is 0 Å². The highest BCUT2D eigenvalue weighted by Crippen LogP contribution is 2.24. The largest absolute Gasteiger partial charge is 0.300 e. The zero-order valence-electron chi connectivity index (χ0n) is 9.39. The number of hydrogen-bond donors (Lipinski definition) is 0. The van der Waals surface area contributed by atoms with Crippen LogP contribution < -0.4 is 0 Å². The molecule has 0 aliphatic heterocycles. The van der Waals surface area contributed by atoms with Crippen LogP contribution in [0.3, 0.4) is 0 Å². The van der Waals surface area contributed by atoms with Crippen molar-refractivity contribution in [1.82, 2.24) is 4.90 Å². The Bertz CT molecular complexity index is 243. The number of rotatable bonds is 4. The van der Waals surface area contributed by atoms with Gasteiger partial charge in [0, 0.05) is 6.04 Å². The third-order valence-corrected chi connectivity index (χ3v) is 2.94. The van der Waals surface area contributed by atoms with E-state index in [1.54, 1.807) is 12.2 Å². The maximum atomic E-state index is 13.1. The Morgan fingerprint density at radius 1 is 1.50 bits per heavy atom. The number of hydrogen-bond acceptors (Lipinski definition) is 1. The Balaban J connectivity index is 2.74. The maximum absolute atomic E-state index is 13.1. The van der Waals surface area contributed by atoms with Gasteiger partial charge in [-0.25, -0.2) is 4.39 Å². The van der Waals surface area contributed by atoms with Crippen molar-refractivity contribution in [3.63, 3.8) is 0 Å². The van der Waals surface area contributed by atoms with Crippen molar-refractivity contribution in [2.24, 2.45) is 0 Å². The van der Waals surface area contributed by atoms with Gasteiger partial charge in [0.05, 0.1) is 0 Å². The van der Waals surface area contributed by atoms with Crippen molar-refractivity contribution in [3.05, 3.63) is 23.6 Å². The number of halogens is 1. The summed E-state index contributed by atoms with van der Waals surface area (Å²) in [6.45, 7) is 5.31. The second kappa shape index (κ2) is 5.30. The highest BCUT2D eigenvalue weighted by Gasteiger charge is 2.18. The Kier molecular flexibility index (Phi) is 4.33. The molecule has 1 atom stereocenters. The first-order chi connectivity index (χ1) is 6.69. The minimum atomic E-state index is -0.0609. The van der Waals surface area contributed by atoms with E-state index in [2.05, 4.69) is 25.8 Å². The summed E-state index contributed by atoms with van der Waals surface area (Å²) in [4.78, 5) is 2.28. The van der Waals surface area contributed by atoms with Crippen LogP contribution in [0.4, 0.5) is 4.39 Å². The van der Waals surface area contributed by atoms with Crippen LogP contribution in [0.5, 0.6) is 0 Å². The van der Waals surface area contributed by atoms with Gasteiger partial charge in [-0.1, -0.05) is 13.8 Å². The van der Waals surface area contributed by atoms with Crippen molar-refractivity contribution in [1.29, 1.82) is 0 Å². The van der Waals surface area contributed by atoms with E-state index < -0.39 is 0 Å². The lowest BCUT2D eigenvalue weighted by atomic mass is 9.95. The van der Waals surface area contributed by atoms with Crippen LogP contribution >= 0.6 is 0 Å². The van der Waals surface area contributed by atoms with Crippen LogP contribution in [0.25, 0.3) is 0 Å². The van der Waals surface area contributed by atoms with Gasteiger partial charge in [0.2, 0.25) is 0 Å². The Hall–Kier alpha value is -0.630. The van der Waals surface area contributed by atoms with E-state index in [-0.39, 0.29) is 5.83 Å². The lowest BCUT2D eigenvalue weighted by molar-refractivity contribution is 0.273. The van der Waals surface area contributed by atoms with E-state index in [1.165, 1.54) is 5.57 Å². The SMILES string of the molecule is CCC(C1=CC(F)=CCC1)N(C)CC. The minimum absolute atomic E-state index is 0.0609. The molecule has 1 unspecified atom stereocenters. The first kappa shape index (κ1) is 11.4. The van der Waals surface area contributed by atoms with Crippen molar-refractivity contribution < 1.29 is 4.39 Å². The van der Waals surface area contributed by atoms with Crippen molar-refractivity contribution >= 4 is 0 Å². The fourth-order valence-corrected chi connectivity index (χ4v) is 2.03. The molecule has 0 bridgehead atoms. The molecule has 0 aromatic heterocycles. The average Bonchev–Trinajstić information content (AvgIpc) is 2.19. The summed E-state index contributed by atoms with van der Waals surface area (Å²) in [5.74, 6) is -0.0609. The van der Waals surface area contributed by atoms with Gasteiger partial charge < -0.3 is 0 Å². The summed E-state index contributed by atoms with van der Waals surface area (Å²) in [5, 5.41) is 0. The molecule has 1 aliphatic rings. The molecule has 0 spiro atoms. The zero-order chi connectivity index (χ0) is 10.6. The fourth-order valence-electron chi connectivity index (χ4n) is 2.03. The molecule has 0 aromatic carbocycles. The Morgan fingerprint density at radius 3 is 2.71 bits per heavy atom. The van der Waals surface area contributed by atoms with Crippen LogP contribution in [-0.2, 0) is 0 Å². The number of allylic oxidation sites excluding steroid dienone is 3. The van der Waals surface area contributed by atoms with Gasteiger partial charge in [-0.05, 0) is 50.6 Å². The number of likely N-dealkylation sites (N-methyl/N-ethyl adjacent to an activating group) is 1. The normalized spacial score (nSPS) is 19.2. The molecule has 0 radical (unpaired) electrons. The smallest absolute Gasteiger partial charge is 0.119 e. The molecule has 2 heteroatoms. The van der Waals surface area contributed by atoms with Gasteiger partial charge in [0.15, 0.2) is 0 Å². The molecule has 0 fully saturated rings. The minimum Gasteiger partial charge on any atom is -0.300 e. The van der Waals surface area contributed by atoms with E-state index in [0.29, 0.717) is 6.04 Å². The first-order valence-electron chi connectivity index (χ1n) is 5.45. The van der Waals surface area contributed by atoms with Gasteiger partial charge in [-0.15, -0.1) is 0 Å². The molecule has 0 heterocycles. The summed E-state index contributed by atoms with van der Waals surface area (Å²) in [6.07, 6.45) is 6.30. The van der Waals surface area contributed by atoms with Gasteiger partial charge in [0.25, 0.3) is 0 Å². The molecular formula is C12H20FN. The van der Waals surface area contributed by atoms with E-state index in [0.717, 1.165) is 25.8 Å². The van der Waals surface area contributed by atoms with Crippen molar-refractivity contribution in [3.8, 4) is 0 Å². The average molecular weight is 197 g/mol. The summed E-state index contributed by atoms with van der Waals surface area (Å²) in [6, 6.07) is 0.416. The van der Waals surface area contributed by atoms with Crippen LogP contribution in [0.2, 0.25) is 0 Å². The van der Waals surface area contributed by atoms with Crippen molar-refractivity contribution in [2.45, 2.75) is 39.2 Å². The molecule has 1 aliphatic carbocycles. The fraction of sp³-hybridized carbons (Fsp3) is 0.667. The van der Waals surface area contributed by atoms with E-state index in [9.17, 15) is 4.39 Å². The molecule has 0 aromatic rings. The third kappa shape index (κ3) is 2.68. The van der Waals surface area contributed by atoms with Gasteiger partial charge in [-0.3, -0.25) is 4.90 Å². The summed E-state index contributed by atoms with van der Waals surface area (Å²) >= 11 is 0. The van der Waals surface area contributed by atoms with E-state index >= 15 is 0 Å². The quantitative estimate of drug-likeness (QED) is 0.668. The summed E-state index contributed by atoms with van der Waals surface area (Å²) in [5.41, 5.74) is 1.25. The standard InChI is InChI=1S/C12H20FN/c1-4-12(14(3)5-2)10-7-6-8-11(13)9-10/h8-9,12H,4-7H2,1-3H3. The molecule has 0 saturated heterocycles. The molecule has 0 saturated carbocycles. The predicted molar refractivity (Wildman–Crippen MR) is 58.9 cm³/mol. The molecule has 80 valence electrons. The van der Waals surface area contributed by atoms with Crippen LogP contribution in [0, 0.1) is 0 Å². The molecular weight excluding hydrogens is 177 g/mol. The Morgan fingerprint density at radius 2 is 2.21 bits per heavy atom. The molecule has 14 heavy (non-hydrogen) atoms. The molecule has 1 rings (SSSR count).